The van der Waals surface area contributed by atoms with E-state index in [9.17, 15) is 4.79 Å². The number of pyridine rings is 2. The van der Waals surface area contributed by atoms with Crippen LogP contribution in [0.4, 0.5) is 0 Å². The molecule has 0 radical (unpaired) electrons. The average Bonchev–Trinajstić information content (AvgIpc) is 2.32. The SMILES string of the molecule is Cc1cnc(C(N)=O)c(Oc2ccc(C)nc2C)c1. The highest BCUT2D eigenvalue weighted by Gasteiger charge is 2.13. The van der Waals surface area contributed by atoms with E-state index >= 15 is 0 Å². The van der Waals surface area contributed by atoms with Crippen molar-refractivity contribution in [1.82, 2.24) is 9.97 Å². The normalized spacial score (nSPS) is 10.3. The largest absolute Gasteiger partial charge is 0.453 e. The molecular weight excluding hydrogens is 242 g/mol. The third-order valence-electron chi connectivity index (χ3n) is 2.62. The lowest BCUT2D eigenvalue weighted by atomic mass is 10.2. The maximum absolute atomic E-state index is 11.3. The monoisotopic (exact) mass is 257 g/mol. The smallest absolute Gasteiger partial charge is 0.271 e. The van der Waals surface area contributed by atoms with E-state index < -0.39 is 5.91 Å². The molecule has 2 heterocycles. The Balaban J connectivity index is 2.42. The maximum atomic E-state index is 11.3. The highest BCUT2D eigenvalue weighted by atomic mass is 16.5. The van der Waals surface area contributed by atoms with E-state index in [1.54, 1.807) is 12.3 Å². The highest BCUT2D eigenvalue weighted by molar-refractivity contribution is 5.93. The number of rotatable bonds is 3. The molecule has 0 aliphatic heterocycles. The minimum absolute atomic E-state index is 0.116. The van der Waals surface area contributed by atoms with E-state index in [1.807, 2.05) is 32.9 Å². The second kappa shape index (κ2) is 5.06. The number of primary amides is 1. The predicted molar refractivity (Wildman–Crippen MR) is 71.3 cm³/mol. The van der Waals surface area contributed by atoms with Gasteiger partial charge in [0.25, 0.3) is 5.91 Å². The summed E-state index contributed by atoms with van der Waals surface area (Å²) >= 11 is 0. The number of hydrogen-bond donors (Lipinski definition) is 1. The fraction of sp³-hybridized carbons (Fsp3) is 0.214. The summed E-state index contributed by atoms with van der Waals surface area (Å²) in [5, 5.41) is 0. The van der Waals surface area contributed by atoms with E-state index in [1.165, 1.54) is 0 Å². The van der Waals surface area contributed by atoms with Crippen molar-refractivity contribution in [3.8, 4) is 11.5 Å². The first-order valence-electron chi connectivity index (χ1n) is 5.86. The van der Waals surface area contributed by atoms with Crippen molar-refractivity contribution in [3.63, 3.8) is 0 Å². The summed E-state index contributed by atoms with van der Waals surface area (Å²) in [6.45, 7) is 5.61. The number of carbonyl (C=O) groups is 1. The van der Waals surface area contributed by atoms with Crippen LogP contribution in [0, 0.1) is 20.8 Å². The van der Waals surface area contributed by atoms with E-state index in [2.05, 4.69) is 9.97 Å². The van der Waals surface area contributed by atoms with Gasteiger partial charge in [0.05, 0.1) is 5.69 Å². The molecule has 0 bridgehead atoms. The van der Waals surface area contributed by atoms with Crippen molar-refractivity contribution in [2.45, 2.75) is 20.8 Å². The summed E-state index contributed by atoms with van der Waals surface area (Å²) in [7, 11) is 0. The molecule has 1 amide bonds. The Morgan fingerprint density at radius 1 is 1.21 bits per heavy atom. The number of aryl methyl sites for hydroxylation is 3. The van der Waals surface area contributed by atoms with Gasteiger partial charge < -0.3 is 10.5 Å². The van der Waals surface area contributed by atoms with Crippen molar-refractivity contribution in [2.24, 2.45) is 5.73 Å². The predicted octanol–water partition coefficient (Wildman–Crippen LogP) is 2.29. The van der Waals surface area contributed by atoms with Crippen LogP contribution in [-0.4, -0.2) is 15.9 Å². The minimum atomic E-state index is -0.618. The van der Waals surface area contributed by atoms with Gasteiger partial charge in [-0.3, -0.25) is 9.78 Å². The molecule has 0 atom stereocenters. The summed E-state index contributed by atoms with van der Waals surface area (Å²) in [4.78, 5) is 19.6. The third-order valence-corrected chi connectivity index (χ3v) is 2.62. The molecule has 2 N–H and O–H groups in total. The van der Waals surface area contributed by atoms with Crippen LogP contribution in [0.1, 0.15) is 27.4 Å². The van der Waals surface area contributed by atoms with Crippen molar-refractivity contribution < 1.29 is 9.53 Å². The zero-order chi connectivity index (χ0) is 14.0. The average molecular weight is 257 g/mol. The standard InChI is InChI=1S/C14H15N3O2/c1-8-6-12(13(14(15)18)16-7-8)19-11-5-4-9(2)17-10(11)3/h4-7H,1-3H3,(H2,15,18). The quantitative estimate of drug-likeness (QED) is 0.915. The van der Waals surface area contributed by atoms with Gasteiger partial charge in [0.15, 0.2) is 11.4 Å². The number of hydrogen-bond acceptors (Lipinski definition) is 4. The fourth-order valence-corrected chi connectivity index (χ4v) is 1.71. The number of aromatic nitrogens is 2. The van der Waals surface area contributed by atoms with Gasteiger partial charge in [-0.25, -0.2) is 4.98 Å². The molecule has 0 unspecified atom stereocenters. The van der Waals surface area contributed by atoms with Gasteiger partial charge >= 0.3 is 0 Å². The molecule has 0 spiro atoms. The molecule has 0 aromatic carbocycles. The molecule has 0 aliphatic carbocycles. The fourth-order valence-electron chi connectivity index (χ4n) is 1.71. The van der Waals surface area contributed by atoms with Gasteiger partial charge in [-0.1, -0.05) is 0 Å². The van der Waals surface area contributed by atoms with Gasteiger partial charge in [-0.05, 0) is 44.5 Å². The molecule has 2 aromatic rings. The zero-order valence-electron chi connectivity index (χ0n) is 11.1. The van der Waals surface area contributed by atoms with Crippen LogP contribution in [0.5, 0.6) is 11.5 Å². The Morgan fingerprint density at radius 2 is 1.95 bits per heavy atom. The number of carbonyl (C=O) groups excluding carboxylic acids is 1. The first kappa shape index (κ1) is 13.0. The van der Waals surface area contributed by atoms with E-state index in [4.69, 9.17) is 10.5 Å². The van der Waals surface area contributed by atoms with Crippen molar-refractivity contribution in [3.05, 3.63) is 47.0 Å². The Hall–Kier alpha value is -2.43. The van der Waals surface area contributed by atoms with Gasteiger partial charge in [0.1, 0.15) is 5.75 Å². The molecule has 0 aliphatic rings. The Labute approximate surface area is 111 Å². The number of nitrogens with zero attached hydrogens (tertiary/aromatic N) is 2. The Bertz CT molecular complexity index is 639. The Morgan fingerprint density at radius 3 is 2.58 bits per heavy atom. The summed E-state index contributed by atoms with van der Waals surface area (Å²) in [6, 6.07) is 5.38. The third kappa shape index (κ3) is 2.88. The van der Waals surface area contributed by atoms with E-state index in [0.717, 1.165) is 17.0 Å². The van der Waals surface area contributed by atoms with Crippen LogP contribution in [-0.2, 0) is 0 Å². The molecule has 5 nitrogen and oxygen atoms in total. The molecule has 0 fully saturated rings. The minimum Gasteiger partial charge on any atom is -0.453 e. The summed E-state index contributed by atoms with van der Waals surface area (Å²) in [5.41, 5.74) is 7.94. The maximum Gasteiger partial charge on any atom is 0.271 e. The molecule has 0 saturated heterocycles. The van der Waals surface area contributed by atoms with Crippen molar-refractivity contribution in [1.29, 1.82) is 0 Å². The zero-order valence-corrected chi connectivity index (χ0v) is 11.1. The molecule has 2 aromatic heterocycles. The van der Waals surface area contributed by atoms with Crippen LogP contribution in [0.3, 0.4) is 0 Å². The number of nitrogens with two attached hydrogens (primary N) is 1. The topological polar surface area (TPSA) is 78.1 Å². The second-order valence-electron chi connectivity index (χ2n) is 4.36. The van der Waals surface area contributed by atoms with Gasteiger partial charge in [-0.2, -0.15) is 0 Å². The van der Waals surface area contributed by atoms with Crippen LogP contribution >= 0.6 is 0 Å². The van der Waals surface area contributed by atoms with Gasteiger partial charge in [0.2, 0.25) is 0 Å². The Kier molecular flexibility index (Phi) is 3.46. The highest BCUT2D eigenvalue weighted by Crippen LogP contribution is 2.26. The molecule has 0 saturated carbocycles. The first-order valence-corrected chi connectivity index (χ1v) is 5.86. The van der Waals surface area contributed by atoms with Gasteiger partial charge in [-0.15, -0.1) is 0 Å². The van der Waals surface area contributed by atoms with Gasteiger partial charge in [0, 0.05) is 11.9 Å². The molecule has 5 heteroatoms. The van der Waals surface area contributed by atoms with Crippen LogP contribution in [0.2, 0.25) is 0 Å². The molecule has 19 heavy (non-hydrogen) atoms. The second-order valence-corrected chi connectivity index (χ2v) is 4.36. The van der Waals surface area contributed by atoms with Crippen molar-refractivity contribution in [2.75, 3.05) is 0 Å². The first-order chi connectivity index (χ1) is 8.97. The number of ether oxygens (including phenoxy) is 1. The van der Waals surface area contributed by atoms with Crippen molar-refractivity contribution >= 4 is 5.91 Å². The summed E-state index contributed by atoms with van der Waals surface area (Å²) < 4.78 is 5.71. The van der Waals surface area contributed by atoms with E-state index in [-0.39, 0.29) is 5.69 Å². The molecule has 2 rings (SSSR count). The summed E-state index contributed by atoms with van der Waals surface area (Å²) in [5.74, 6) is 0.314. The summed E-state index contributed by atoms with van der Waals surface area (Å²) in [6.07, 6.45) is 1.58. The van der Waals surface area contributed by atoms with Crippen LogP contribution < -0.4 is 10.5 Å². The lowest BCUT2D eigenvalue weighted by Gasteiger charge is -2.11. The lowest BCUT2D eigenvalue weighted by Crippen LogP contribution is -2.14. The number of amides is 1. The van der Waals surface area contributed by atoms with Crippen LogP contribution in [0.15, 0.2) is 24.4 Å². The lowest BCUT2D eigenvalue weighted by molar-refractivity contribution is 0.0993. The van der Waals surface area contributed by atoms with Crippen LogP contribution in [0.25, 0.3) is 0 Å². The molecular formula is C14H15N3O2. The molecule has 98 valence electrons. The van der Waals surface area contributed by atoms with E-state index in [0.29, 0.717) is 11.5 Å².